The molecule has 1 aromatic rings. The van der Waals surface area contributed by atoms with Crippen molar-refractivity contribution in [1.29, 1.82) is 0 Å². The molecule has 0 bridgehead atoms. The van der Waals surface area contributed by atoms with Crippen LogP contribution in [-0.4, -0.2) is 33.6 Å². The van der Waals surface area contributed by atoms with Gasteiger partial charge in [0.15, 0.2) is 5.13 Å². The second kappa shape index (κ2) is 5.73. The Balaban J connectivity index is 1.93. The lowest BCUT2D eigenvalue weighted by Gasteiger charge is -2.28. The van der Waals surface area contributed by atoms with Crippen molar-refractivity contribution in [3.8, 4) is 0 Å². The zero-order valence-corrected chi connectivity index (χ0v) is 11.3. The van der Waals surface area contributed by atoms with Gasteiger partial charge in [0.2, 0.25) is 0 Å². The van der Waals surface area contributed by atoms with Gasteiger partial charge >= 0.3 is 5.97 Å². The van der Waals surface area contributed by atoms with E-state index in [0.29, 0.717) is 10.9 Å². The summed E-state index contributed by atoms with van der Waals surface area (Å²) in [7, 11) is 0. The number of carbonyl (C=O) groups is 1. The van der Waals surface area contributed by atoms with Crippen LogP contribution in [-0.2, 0) is 0 Å². The third-order valence-electron chi connectivity index (χ3n) is 3.00. The second-order valence-corrected chi connectivity index (χ2v) is 6.37. The van der Waals surface area contributed by atoms with Crippen molar-refractivity contribution in [2.24, 2.45) is 0 Å². The fourth-order valence-electron chi connectivity index (χ4n) is 2.10. The van der Waals surface area contributed by atoms with E-state index in [9.17, 15) is 4.79 Å². The Morgan fingerprint density at radius 2 is 2.47 bits per heavy atom. The molecular formula is C11H16N2O2S2. The monoisotopic (exact) mass is 272 g/mol. The summed E-state index contributed by atoms with van der Waals surface area (Å²) >= 11 is 3.13. The standard InChI is InChI=1S/C11H16N2O2S2/c1-16-8-4-2-3-7(5-8)13-11-12-6-9(17-11)10(14)15/h6-8H,2-5H2,1H3,(H,12,13)(H,14,15). The summed E-state index contributed by atoms with van der Waals surface area (Å²) in [5.41, 5.74) is 0. The van der Waals surface area contributed by atoms with Gasteiger partial charge in [0, 0.05) is 11.3 Å². The molecule has 0 saturated heterocycles. The van der Waals surface area contributed by atoms with Gasteiger partial charge < -0.3 is 10.4 Å². The van der Waals surface area contributed by atoms with Crippen LogP contribution in [0.15, 0.2) is 6.20 Å². The van der Waals surface area contributed by atoms with Crippen LogP contribution >= 0.6 is 23.1 Å². The van der Waals surface area contributed by atoms with Crippen LogP contribution in [0.25, 0.3) is 0 Å². The van der Waals surface area contributed by atoms with Gasteiger partial charge in [-0.1, -0.05) is 17.8 Å². The van der Waals surface area contributed by atoms with Crippen molar-refractivity contribution in [3.63, 3.8) is 0 Å². The quantitative estimate of drug-likeness (QED) is 0.882. The zero-order valence-electron chi connectivity index (χ0n) is 9.68. The number of thiazole rings is 1. The summed E-state index contributed by atoms with van der Waals surface area (Å²) in [6.07, 6.45) is 8.39. The van der Waals surface area contributed by atoms with Crippen LogP contribution in [0.1, 0.15) is 35.4 Å². The molecule has 1 fully saturated rings. The zero-order chi connectivity index (χ0) is 12.3. The summed E-state index contributed by atoms with van der Waals surface area (Å²) < 4.78 is 0. The summed E-state index contributed by atoms with van der Waals surface area (Å²) in [5, 5.41) is 13.6. The average Bonchev–Trinajstić information content (AvgIpc) is 2.78. The van der Waals surface area contributed by atoms with Crippen molar-refractivity contribution in [2.45, 2.75) is 37.0 Å². The van der Waals surface area contributed by atoms with Crippen LogP contribution in [0.4, 0.5) is 5.13 Å². The first-order chi connectivity index (χ1) is 8.19. The van der Waals surface area contributed by atoms with Crippen molar-refractivity contribution >= 4 is 34.2 Å². The number of carboxylic acids is 1. The molecule has 4 nitrogen and oxygen atoms in total. The molecule has 1 saturated carbocycles. The number of rotatable bonds is 4. The molecule has 0 spiro atoms. The van der Waals surface area contributed by atoms with Gasteiger partial charge in [0.25, 0.3) is 0 Å². The highest BCUT2D eigenvalue weighted by molar-refractivity contribution is 7.99. The fourth-order valence-corrected chi connectivity index (χ4v) is 3.66. The van der Waals surface area contributed by atoms with E-state index in [1.165, 1.54) is 30.4 Å². The van der Waals surface area contributed by atoms with Crippen LogP contribution in [0.5, 0.6) is 0 Å². The molecule has 1 aliphatic rings. The maximum Gasteiger partial charge on any atom is 0.347 e. The van der Waals surface area contributed by atoms with Crippen molar-refractivity contribution in [2.75, 3.05) is 11.6 Å². The third kappa shape index (κ3) is 3.35. The minimum absolute atomic E-state index is 0.296. The van der Waals surface area contributed by atoms with Crippen molar-refractivity contribution < 1.29 is 9.90 Å². The fraction of sp³-hybridized carbons (Fsp3) is 0.636. The Morgan fingerprint density at radius 3 is 3.12 bits per heavy atom. The summed E-state index contributed by atoms with van der Waals surface area (Å²) in [6.45, 7) is 0. The van der Waals surface area contributed by atoms with E-state index in [2.05, 4.69) is 16.6 Å². The Morgan fingerprint density at radius 1 is 1.65 bits per heavy atom. The molecule has 0 amide bonds. The molecule has 1 heterocycles. The number of aromatic carboxylic acids is 1. The van der Waals surface area contributed by atoms with E-state index in [1.54, 1.807) is 0 Å². The lowest BCUT2D eigenvalue weighted by molar-refractivity contribution is 0.0702. The minimum Gasteiger partial charge on any atom is -0.477 e. The highest BCUT2D eigenvalue weighted by atomic mass is 32.2. The predicted octanol–water partition coefficient (Wildman–Crippen LogP) is 2.93. The van der Waals surface area contributed by atoms with Crippen LogP contribution in [0.2, 0.25) is 0 Å². The maximum absolute atomic E-state index is 10.7. The molecule has 2 rings (SSSR count). The van der Waals surface area contributed by atoms with E-state index < -0.39 is 5.97 Å². The van der Waals surface area contributed by atoms with Gasteiger partial charge in [-0.05, 0) is 25.5 Å². The molecule has 1 aromatic heterocycles. The molecule has 2 unspecified atom stereocenters. The molecule has 2 atom stereocenters. The number of aromatic nitrogens is 1. The third-order valence-corrected chi connectivity index (χ3v) is 5.01. The lowest BCUT2D eigenvalue weighted by atomic mass is 9.95. The highest BCUT2D eigenvalue weighted by Gasteiger charge is 2.22. The van der Waals surface area contributed by atoms with Gasteiger partial charge in [-0.3, -0.25) is 0 Å². The van der Waals surface area contributed by atoms with Crippen LogP contribution in [0.3, 0.4) is 0 Å². The Kier molecular flexibility index (Phi) is 4.28. The van der Waals surface area contributed by atoms with E-state index in [0.717, 1.165) is 23.2 Å². The first-order valence-electron chi connectivity index (χ1n) is 5.67. The summed E-state index contributed by atoms with van der Waals surface area (Å²) in [5.74, 6) is -0.902. The Bertz CT molecular complexity index is 395. The minimum atomic E-state index is -0.902. The first-order valence-corrected chi connectivity index (χ1v) is 7.78. The SMILES string of the molecule is CSC1CCCC(Nc2ncc(C(=O)O)s2)C1. The van der Waals surface area contributed by atoms with E-state index in [-0.39, 0.29) is 0 Å². The second-order valence-electron chi connectivity index (χ2n) is 4.20. The predicted molar refractivity (Wildman–Crippen MR) is 72.3 cm³/mol. The highest BCUT2D eigenvalue weighted by Crippen LogP contribution is 2.29. The molecule has 0 radical (unpaired) electrons. The van der Waals surface area contributed by atoms with Crippen LogP contribution in [0, 0.1) is 0 Å². The van der Waals surface area contributed by atoms with Gasteiger partial charge in [0.1, 0.15) is 4.88 Å². The molecular weight excluding hydrogens is 256 g/mol. The number of carboxylic acid groups (broad SMARTS) is 1. The topological polar surface area (TPSA) is 62.2 Å². The Hall–Kier alpha value is -0.750. The maximum atomic E-state index is 10.7. The van der Waals surface area contributed by atoms with E-state index in [4.69, 9.17) is 5.11 Å². The number of nitrogens with one attached hydrogen (secondary N) is 1. The Labute approximate surface area is 109 Å². The molecule has 0 aliphatic heterocycles. The van der Waals surface area contributed by atoms with Gasteiger partial charge in [0.05, 0.1) is 6.20 Å². The molecule has 6 heteroatoms. The molecule has 17 heavy (non-hydrogen) atoms. The molecule has 0 aromatic carbocycles. The van der Waals surface area contributed by atoms with Gasteiger partial charge in [-0.15, -0.1) is 0 Å². The number of thioether (sulfide) groups is 1. The number of hydrogen-bond donors (Lipinski definition) is 2. The normalized spacial score (nSPS) is 24.5. The van der Waals surface area contributed by atoms with Gasteiger partial charge in [-0.2, -0.15) is 11.8 Å². The first kappa shape index (κ1) is 12.7. The number of hydrogen-bond acceptors (Lipinski definition) is 5. The number of anilines is 1. The van der Waals surface area contributed by atoms with Crippen LogP contribution < -0.4 is 5.32 Å². The smallest absolute Gasteiger partial charge is 0.347 e. The average molecular weight is 272 g/mol. The van der Waals surface area contributed by atoms with Crippen molar-refractivity contribution in [1.82, 2.24) is 4.98 Å². The van der Waals surface area contributed by atoms with Crippen molar-refractivity contribution in [3.05, 3.63) is 11.1 Å². The number of nitrogens with zero attached hydrogens (tertiary/aromatic N) is 1. The molecule has 94 valence electrons. The summed E-state index contributed by atoms with van der Waals surface area (Å²) in [6, 6.07) is 0.439. The molecule has 1 aliphatic carbocycles. The molecule has 2 N–H and O–H groups in total. The largest absolute Gasteiger partial charge is 0.477 e. The summed E-state index contributed by atoms with van der Waals surface area (Å²) in [4.78, 5) is 15.1. The van der Waals surface area contributed by atoms with E-state index in [1.807, 2.05) is 11.8 Å². The van der Waals surface area contributed by atoms with Gasteiger partial charge in [-0.25, -0.2) is 9.78 Å². The lowest BCUT2D eigenvalue weighted by Crippen LogP contribution is -2.28. The van der Waals surface area contributed by atoms with E-state index >= 15 is 0 Å².